The first-order valence-corrected chi connectivity index (χ1v) is 8.67. The Morgan fingerprint density at radius 1 is 1.36 bits per heavy atom. The molecule has 25 heavy (non-hydrogen) atoms. The van der Waals surface area contributed by atoms with Crippen LogP contribution < -0.4 is 5.32 Å². The number of nitrogens with zero attached hydrogens (tertiary/aromatic N) is 4. The number of aromatic nitrogens is 4. The summed E-state index contributed by atoms with van der Waals surface area (Å²) < 4.78 is 7.00. The highest BCUT2D eigenvalue weighted by Gasteiger charge is 2.09. The minimum absolute atomic E-state index is 0.0983. The fraction of sp³-hybridized carbons (Fsp3) is 0.176. The van der Waals surface area contributed by atoms with E-state index in [1.807, 2.05) is 46.4 Å². The van der Waals surface area contributed by atoms with Crippen LogP contribution >= 0.6 is 11.3 Å². The van der Waals surface area contributed by atoms with Gasteiger partial charge >= 0.3 is 0 Å². The van der Waals surface area contributed by atoms with Crippen LogP contribution in [0.1, 0.15) is 18.1 Å². The maximum absolute atomic E-state index is 12.1. The molecule has 0 unspecified atom stereocenters. The first-order valence-electron chi connectivity index (χ1n) is 7.79. The zero-order chi connectivity index (χ0) is 17.2. The normalized spacial score (nSPS) is 11.1. The average molecular weight is 353 g/mol. The van der Waals surface area contributed by atoms with Gasteiger partial charge in [0.2, 0.25) is 11.8 Å². The van der Waals surface area contributed by atoms with Crippen molar-refractivity contribution in [2.24, 2.45) is 0 Å². The number of hydrogen-bond donors (Lipinski definition) is 1. The summed E-state index contributed by atoms with van der Waals surface area (Å²) in [6.45, 7) is 1.75. The van der Waals surface area contributed by atoms with Gasteiger partial charge in [-0.3, -0.25) is 9.20 Å². The number of nitrogens with one attached hydrogen (secondary N) is 1. The third-order valence-electron chi connectivity index (χ3n) is 3.67. The molecule has 0 bridgehead atoms. The van der Waals surface area contributed by atoms with Crippen LogP contribution in [0.25, 0.3) is 16.2 Å². The van der Waals surface area contributed by atoms with Gasteiger partial charge in [0.1, 0.15) is 0 Å². The Morgan fingerprint density at radius 2 is 2.28 bits per heavy atom. The van der Waals surface area contributed by atoms with Crippen molar-refractivity contribution in [3.8, 4) is 11.3 Å². The predicted octanol–water partition coefficient (Wildman–Crippen LogP) is 3.33. The molecule has 7 nitrogen and oxygen atoms in total. The lowest BCUT2D eigenvalue weighted by Gasteiger charge is -2.05. The maximum atomic E-state index is 12.1. The van der Waals surface area contributed by atoms with E-state index in [1.54, 1.807) is 18.3 Å². The number of carbonyl (C=O) groups excluding carboxylic acids is 1. The standard InChI is InChI=1S/C17H15N5O2S/c1-11-18-16(24-21-11)6-5-15(23)19-13-4-2-3-12(9-13)14-10-22-7-8-25-17(22)20-14/h2-4,7-10H,5-6H2,1H3,(H,19,23). The smallest absolute Gasteiger partial charge is 0.227 e. The summed E-state index contributed by atoms with van der Waals surface area (Å²) >= 11 is 1.59. The highest BCUT2D eigenvalue weighted by Crippen LogP contribution is 2.24. The molecule has 0 atom stereocenters. The third kappa shape index (κ3) is 3.43. The molecule has 0 saturated heterocycles. The lowest BCUT2D eigenvalue weighted by atomic mass is 10.1. The molecule has 4 aromatic rings. The Balaban J connectivity index is 1.44. The number of benzene rings is 1. The number of imidazole rings is 1. The number of anilines is 1. The maximum Gasteiger partial charge on any atom is 0.227 e. The number of amides is 1. The van der Waals surface area contributed by atoms with Crippen molar-refractivity contribution in [3.05, 3.63) is 53.8 Å². The molecule has 0 aliphatic rings. The Morgan fingerprint density at radius 3 is 3.08 bits per heavy atom. The second-order valence-corrected chi connectivity index (χ2v) is 6.46. The van der Waals surface area contributed by atoms with Crippen LogP contribution in [0.15, 0.2) is 46.6 Å². The minimum atomic E-state index is -0.0983. The number of carbonyl (C=O) groups is 1. The van der Waals surface area contributed by atoms with Gasteiger partial charge in [0.15, 0.2) is 10.8 Å². The topological polar surface area (TPSA) is 85.3 Å². The van der Waals surface area contributed by atoms with Crippen molar-refractivity contribution in [1.29, 1.82) is 0 Å². The highest BCUT2D eigenvalue weighted by molar-refractivity contribution is 7.15. The van der Waals surface area contributed by atoms with Gasteiger partial charge in [0.25, 0.3) is 0 Å². The van der Waals surface area contributed by atoms with Crippen LogP contribution in [0.4, 0.5) is 5.69 Å². The Hall–Kier alpha value is -3.00. The van der Waals surface area contributed by atoms with Gasteiger partial charge < -0.3 is 9.84 Å². The second kappa shape index (κ2) is 6.48. The monoisotopic (exact) mass is 353 g/mol. The summed E-state index contributed by atoms with van der Waals surface area (Å²) in [6.07, 6.45) is 4.65. The summed E-state index contributed by atoms with van der Waals surface area (Å²) in [4.78, 5) is 21.7. The fourth-order valence-corrected chi connectivity index (χ4v) is 3.21. The summed E-state index contributed by atoms with van der Waals surface area (Å²) in [7, 11) is 0. The molecule has 0 aliphatic carbocycles. The number of aryl methyl sites for hydroxylation is 2. The minimum Gasteiger partial charge on any atom is -0.339 e. The second-order valence-electron chi connectivity index (χ2n) is 5.58. The van der Waals surface area contributed by atoms with Gasteiger partial charge in [-0.05, 0) is 19.1 Å². The molecule has 3 aromatic heterocycles. The van der Waals surface area contributed by atoms with Crippen LogP contribution in [-0.2, 0) is 11.2 Å². The predicted molar refractivity (Wildman–Crippen MR) is 94.5 cm³/mol. The van der Waals surface area contributed by atoms with Crippen LogP contribution in [0.2, 0.25) is 0 Å². The molecular weight excluding hydrogens is 338 g/mol. The quantitative estimate of drug-likeness (QED) is 0.595. The van der Waals surface area contributed by atoms with Crippen molar-refractivity contribution < 1.29 is 9.32 Å². The highest BCUT2D eigenvalue weighted by atomic mass is 32.1. The van der Waals surface area contributed by atoms with E-state index in [-0.39, 0.29) is 12.3 Å². The first kappa shape index (κ1) is 15.5. The largest absolute Gasteiger partial charge is 0.339 e. The summed E-state index contributed by atoms with van der Waals surface area (Å²) in [5.74, 6) is 0.946. The molecule has 4 rings (SSSR count). The summed E-state index contributed by atoms with van der Waals surface area (Å²) in [6, 6.07) is 7.65. The fourth-order valence-electron chi connectivity index (χ4n) is 2.51. The van der Waals surface area contributed by atoms with E-state index in [9.17, 15) is 4.79 Å². The van der Waals surface area contributed by atoms with Crippen molar-refractivity contribution in [3.63, 3.8) is 0 Å². The zero-order valence-corrected chi connectivity index (χ0v) is 14.3. The molecule has 8 heteroatoms. The lowest BCUT2D eigenvalue weighted by Crippen LogP contribution is -2.12. The van der Waals surface area contributed by atoms with Crippen LogP contribution in [-0.4, -0.2) is 25.4 Å². The van der Waals surface area contributed by atoms with Gasteiger partial charge in [-0.2, -0.15) is 4.98 Å². The zero-order valence-electron chi connectivity index (χ0n) is 13.5. The molecule has 0 radical (unpaired) electrons. The number of rotatable bonds is 5. The number of thiazole rings is 1. The van der Waals surface area contributed by atoms with Crippen LogP contribution in [0.3, 0.4) is 0 Å². The first-order chi connectivity index (χ1) is 12.2. The van der Waals surface area contributed by atoms with Gasteiger partial charge in [0, 0.05) is 41.9 Å². The third-order valence-corrected chi connectivity index (χ3v) is 4.44. The number of fused-ring (bicyclic) bond motifs is 1. The Labute approximate surface area is 147 Å². The number of hydrogen-bond acceptors (Lipinski definition) is 6. The van der Waals surface area contributed by atoms with E-state index < -0.39 is 0 Å². The van der Waals surface area contributed by atoms with Crippen molar-refractivity contribution >= 4 is 27.9 Å². The van der Waals surface area contributed by atoms with E-state index >= 15 is 0 Å². The molecule has 1 aromatic carbocycles. The SMILES string of the molecule is Cc1noc(CCC(=O)Nc2cccc(-c3cn4ccsc4n3)c2)n1. The Kier molecular flexibility index (Phi) is 4.02. The molecule has 0 fully saturated rings. The van der Waals surface area contributed by atoms with E-state index in [0.29, 0.717) is 18.1 Å². The average Bonchev–Trinajstić information content (AvgIpc) is 3.29. The van der Waals surface area contributed by atoms with E-state index in [1.165, 1.54) is 0 Å². The molecule has 0 spiro atoms. The summed E-state index contributed by atoms with van der Waals surface area (Å²) in [5, 5.41) is 8.60. The molecule has 1 N–H and O–H groups in total. The molecule has 0 saturated carbocycles. The van der Waals surface area contributed by atoms with Crippen molar-refractivity contribution in [2.75, 3.05) is 5.32 Å². The molecule has 126 valence electrons. The van der Waals surface area contributed by atoms with Gasteiger partial charge in [-0.1, -0.05) is 17.3 Å². The lowest BCUT2D eigenvalue weighted by molar-refractivity contribution is -0.116. The molecule has 3 heterocycles. The van der Waals surface area contributed by atoms with Gasteiger partial charge in [-0.15, -0.1) is 11.3 Å². The van der Waals surface area contributed by atoms with E-state index in [2.05, 4.69) is 20.4 Å². The van der Waals surface area contributed by atoms with Crippen molar-refractivity contribution in [2.45, 2.75) is 19.8 Å². The summed E-state index contributed by atoms with van der Waals surface area (Å²) in [5.41, 5.74) is 2.58. The van der Waals surface area contributed by atoms with Gasteiger partial charge in [-0.25, -0.2) is 4.98 Å². The molecule has 0 aliphatic heterocycles. The van der Waals surface area contributed by atoms with E-state index in [4.69, 9.17) is 4.52 Å². The van der Waals surface area contributed by atoms with Crippen LogP contribution in [0.5, 0.6) is 0 Å². The van der Waals surface area contributed by atoms with Crippen LogP contribution in [0, 0.1) is 6.92 Å². The van der Waals surface area contributed by atoms with E-state index in [0.717, 1.165) is 21.9 Å². The molecular formula is C17H15N5O2S. The van der Waals surface area contributed by atoms with Crippen molar-refractivity contribution in [1.82, 2.24) is 19.5 Å². The molecule has 1 amide bonds. The van der Waals surface area contributed by atoms with Gasteiger partial charge in [0.05, 0.1) is 5.69 Å². The Bertz CT molecular complexity index is 1000.